The smallest absolute Gasteiger partial charge is 0.341 e. The van der Waals surface area contributed by atoms with Crippen LogP contribution in [0.2, 0.25) is 0 Å². The Kier molecular flexibility index (Phi) is 4.90. The number of benzene rings is 2. The Morgan fingerprint density at radius 1 is 1.00 bits per heavy atom. The number of thiophene rings is 1. The lowest BCUT2D eigenvalue weighted by molar-refractivity contribution is 0.0475. The third-order valence-corrected chi connectivity index (χ3v) is 5.33. The van der Waals surface area contributed by atoms with Crippen LogP contribution in [-0.2, 0) is 11.3 Å². The van der Waals surface area contributed by atoms with Gasteiger partial charge >= 0.3 is 5.97 Å². The van der Waals surface area contributed by atoms with Gasteiger partial charge in [0.05, 0.1) is 11.3 Å². The molecular weight excluding hydrogens is 354 g/mol. The van der Waals surface area contributed by atoms with Crippen molar-refractivity contribution in [2.75, 3.05) is 0 Å². The zero-order valence-corrected chi connectivity index (χ0v) is 15.8. The summed E-state index contributed by atoms with van der Waals surface area (Å²) in [6.45, 7) is 2.30. The summed E-state index contributed by atoms with van der Waals surface area (Å²) < 4.78 is 5.64. The van der Waals surface area contributed by atoms with Crippen LogP contribution >= 0.6 is 11.3 Å². The van der Waals surface area contributed by atoms with E-state index in [1.807, 2.05) is 85.2 Å². The molecular formula is C23H19NO2S. The van der Waals surface area contributed by atoms with E-state index in [0.717, 1.165) is 27.3 Å². The van der Waals surface area contributed by atoms with Crippen molar-refractivity contribution in [1.82, 2.24) is 4.98 Å². The normalized spacial score (nSPS) is 10.7. The highest BCUT2D eigenvalue weighted by atomic mass is 32.1. The van der Waals surface area contributed by atoms with Crippen LogP contribution in [0.15, 0.2) is 78.3 Å². The minimum absolute atomic E-state index is 0.252. The van der Waals surface area contributed by atoms with E-state index in [4.69, 9.17) is 4.74 Å². The fraction of sp³-hybridized carbons (Fsp3) is 0.0870. The molecule has 27 heavy (non-hydrogen) atoms. The van der Waals surface area contributed by atoms with Gasteiger partial charge < -0.3 is 9.72 Å². The number of rotatable bonds is 5. The third-order valence-electron chi connectivity index (χ3n) is 4.42. The molecule has 4 aromatic rings. The van der Waals surface area contributed by atoms with Crippen LogP contribution in [0.5, 0.6) is 0 Å². The lowest BCUT2D eigenvalue weighted by Gasteiger charge is -2.09. The minimum atomic E-state index is -0.320. The first-order valence-corrected chi connectivity index (χ1v) is 9.63. The molecule has 4 heteroatoms. The number of esters is 1. The van der Waals surface area contributed by atoms with Crippen LogP contribution in [-0.4, -0.2) is 11.0 Å². The second-order valence-electron chi connectivity index (χ2n) is 6.36. The van der Waals surface area contributed by atoms with Gasteiger partial charge in [-0.15, -0.1) is 11.3 Å². The number of aryl methyl sites for hydroxylation is 1. The lowest BCUT2D eigenvalue weighted by atomic mass is 10.0. The fourth-order valence-electron chi connectivity index (χ4n) is 3.00. The van der Waals surface area contributed by atoms with Gasteiger partial charge in [0.25, 0.3) is 0 Å². The van der Waals surface area contributed by atoms with E-state index in [-0.39, 0.29) is 12.6 Å². The number of aromatic amines is 1. The SMILES string of the molecule is Cc1ccc(-c2[nH]cc(-c3cccs3)c2C(=O)OCc2ccccc2)cc1. The molecule has 0 amide bonds. The van der Waals surface area contributed by atoms with E-state index in [9.17, 15) is 4.79 Å². The monoisotopic (exact) mass is 373 g/mol. The number of carbonyl (C=O) groups is 1. The maximum atomic E-state index is 13.0. The molecule has 4 rings (SSSR count). The first-order valence-electron chi connectivity index (χ1n) is 8.76. The first-order chi connectivity index (χ1) is 13.2. The van der Waals surface area contributed by atoms with Crippen LogP contribution in [0.25, 0.3) is 21.7 Å². The summed E-state index contributed by atoms with van der Waals surface area (Å²) in [6.07, 6.45) is 1.89. The van der Waals surface area contributed by atoms with Crippen molar-refractivity contribution in [3.8, 4) is 21.7 Å². The number of aromatic nitrogens is 1. The molecule has 0 aliphatic heterocycles. The topological polar surface area (TPSA) is 42.1 Å². The van der Waals surface area contributed by atoms with Crippen LogP contribution in [0.1, 0.15) is 21.5 Å². The summed E-state index contributed by atoms with van der Waals surface area (Å²) >= 11 is 1.61. The van der Waals surface area contributed by atoms with Gasteiger partial charge in [-0.05, 0) is 29.5 Å². The van der Waals surface area contributed by atoms with Crippen LogP contribution < -0.4 is 0 Å². The van der Waals surface area contributed by atoms with Crippen molar-refractivity contribution in [3.05, 3.63) is 95.0 Å². The molecule has 2 aromatic heterocycles. The average Bonchev–Trinajstić information content (AvgIpc) is 3.37. The summed E-state index contributed by atoms with van der Waals surface area (Å²) in [5.74, 6) is -0.320. The van der Waals surface area contributed by atoms with Gasteiger partial charge in [-0.3, -0.25) is 0 Å². The largest absolute Gasteiger partial charge is 0.457 e. The Labute approximate surface area is 162 Å². The molecule has 2 heterocycles. The number of nitrogens with one attached hydrogen (secondary N) is 1. The molecule has 0 unspecified atom stereocenters. The summed E-state index contributed by atoms with van der Waals surface area (Å²) in [7, 11) is 0. The lowest BCUT2D eigenvalue weighted by Crippen LogP contribution is -2.07. The Morgan fingerprint density at radius 3 is 2.48 bits per heavy atom. The summed E-state index contributed by atoms with van der Waals surface area (Å²) in [5.41, 5.74) is 5.36. The van der Waals surface area contributed by atoms with E-state index >= 15 is 0 Å². The van der Waals surface area contributed by atoms with Crippen molar-refractivity contribution in [2.45, 2.75) is 13.5 Å². The molecule has 0 saturated carbocycles. The van der Waals surface area contributed by atoms with Crippen LogP contribution in [0.3, 0.4) is 0 Å². The number of H-pyrrole nitrogens is 1. The maximum Gasteiger partial charge on any atom is 0.341 e. The summed E-state index contributed by atoms with van der Waals surface area (Å²) in [6, 6.07) is 21.8. The van der Waals surface area contributed by atoms with E-state index < -0.39 is 0 Å². The van der Waals surface area contributed by atoms with Crippen molar-refractivity contribution in [1.29, 1.82) is 0 Å². The molecule has 1 N–H and O–H groups in total. The summed E-state index contributed by atoms with van der Waals surface area (Å²) in [5, 5.41) is 2.01. The predicted molar refractivity (Wildman–Crippen MR) is 110 cm³/mol. The van der Waals surface area contributed by atoms with Crippen molar-refractivity contribution in [2.24, 2.45) is 0 Å². The number of carbonyl (C=O) groups excluding carboxylic acids is 1. The zero-order valence-electron chi connectivity index (χ0n) is 14.9. The molecule has 134 valence electrons. The molecule has 0 radical (unpaired) electrons. The highest BCUT2D eigenvalue weighted by molar-refractivity contribution is 7.13. The molecule has 2 aromatic carbocycles. The molecule has 0 fully saturated rings. The molecule has 0 aliphatic rings. The molecule has 0 saturated heterocycles. The first kappa shape index (κ1) is 17.3. The Hall–Kier alpha value is -3.11. The average molecular weight is 373 g/mol. The number of ether oxygens (including phenoxy) is 1. The quantitative estimate of drug-likeness (QED) is 0.431. The van der Waals surface area contributed by atoms with E-state index in [1.165, 1.54) is 5.56 Å². The highest BCUT2D eigenvalue weighted by Gasteiger charge is 2.22. The Balaban J connectivity index is 1.70. The van der Waals surface area contributed by atoms with E-state index in [0.29, 0.717) is 5.56 Å². The molecule has 0 atom stereocenters. The predicted octanol–water partition coefficient (Wildman–Crippen LogP) is 6.08. The van der Waals surface area contributed by atoms with Crippen molar-refractivity contribution >= 4 is 17.3 Å². The molecule has 0 bridgehead atoms. The summed E-state index contributed by atoms with van der Waals surface area (Å²) in [4.78, 5) is 17.3. The van der Waals surface area contributed by atoms with Crippen molar-refractivity contribution in [3.63, 3.8) is 0 Å². The second kappa shape index (κ2) is 7.64. The standard InChI is InChI=1S/C23H19NO2S/c1-16-9-11-18(12-10-16)22-21(19(14-24-22)20-8-5-13-27-20)23(25)26-15-17-6-3-2-4-7-17/h2-14,24H,15H2,1H3. The van der Waals surface area contributed by atoms with Gasteiger partial charge in [0.2, 0.25) is 0 Å². The van der Waals surface area contributed by atoms with Crippen molar-refractivity contribution < 1.29 is 9.53 Å². The van der Waals surface area contributed by atoms with Gasteiger partial charge in [-0.2, -0.15) is 0 Å². The fourth-order valence-corrected chi connectivity index (χ4v) is 3.75. The number of hydrogen-bond acceptors (Lipinski definition) is 3. The second-order valence-corrected chi connectivity index (χ2v) is 7.31. The van der Waals surface area contributed by atoms with Gasteiger partial charge in [0, 0.05) is 16.6 Å². The van der Waals surface area contributed by atoms with Gasteiger partial charge in [0.1, 0.15) is 6.61 Å². The van der Waals surface area contributed by atoms with E-state index in [2.05, 4.69) is 4.98 Å². The molecule has 3 nitrogen and oxygen atoms in total. The highest BCUT2D eigenvalue weighted by Crippen LogP contribution is 2.35. The van der Waals surface area contributed by atoms with Gasteiger partial charge in [-0.25, -0.2) is 4.79 Å². The third kappa shape index (κ3) is 3.71. The van der Waals surface area contributed by atoms with Gasteiger partial charge in [0.15, 0.2) is 0 Å². The maximum absolute atomic E-state index is 13.0. The minimum Gasteiger partial charge on any atom is -0.457 e. The van der Waals surface area contributed by atoms with Gasteiger partial charge in [-0.1, -0.05) is 66.2 Å². The Bertz CT molecular complexity index is 1030. The molecule has 0 spiro atoms. The van der Waals surface area contributed by atoms with Crippen LogP contribution in [0, 0.1) is 6.92 Å². The van der Waals surface area contributed by atoms with E-state index in [1.54, 1.807) is 11.3 Å². The zero-order chi connectivity index (χ0) is 18.6. The number of hydrogen-bond donors (Lipinski definition) is 1. The Morgan fingerprint density at radius 2 is 1.78 bits per heavy atom. The molecule has 0 aliphatic carbocycles. The van der Waals surface area contributed by atoms with Crippen LogP contribution in [0.4, 0.5) is 0 Å².